The number of hydrogen-bond donors (Lipinski definition) is 1. The Bertz CT molecular complexity index is 1370. The number of hydrogen-bond acceptors (Lipinski definition) is 7. The Kier molecular flexibility index (Phi) is 12.1. The van der Waals surface area contributed by atoms with Crippen molar-refractivity contribution in [1.29, 1.82) is 0 Å². The zero-order valence-corrected chi connectivity index (χ0v) is 24.5. The quantitative estimate of drug-likeness (QED) is 0.173. The summed E-state index contributed by atoms with van der Waals surface area (Å²) >= 11 is 0. The molecule has 5 rings (SSSR count). The van der Waals surface area contributed by atoms with Gasteiger partial charge in [0.25, 0.3) is 0 Å². The molecule has 230 valence electrons. The van der Waals surface area contributed by atoms with Crippen molar-refractivity contribution < 1.29 is 38.3 Å². The molecule has 1 aliphatic heterocycles. The maximum absolute atomic E-state index is 11.3. The standard InChI is InChI=1S/C36H38O8/c37-32(38)26-39-25-31-33(40-21-27-13-5-1-6-14-27)34(41-22-28-15-7-2-8-16-28)35(42-23-29-17-9-3-10-18-29)36(44-31)43-24-30-19-11-4-12-20-30/h1-20,31,33-36H,21-26H2,(H,37,38)/t31-,33-,34+,35-,36-/m1/s1. The second-order valence-corrected chi connectivity index (χ2v) is 10.5. The fraction of sp³-hybridized carbons (Fsp3) is 0.306. The van der Waals surface area contributed by atoms with Crippen LogP contribution in [0.1, 0.15) is 22.3 Å². The van der Waals surface area contributed by atoms with Gasteiger partial charge < -0.3 is 33.5 Å². The van der Waals surface area contributed by atoms with Gasteiger partial charge in [0.2, 0.25) is 0 Å². The zero-order chi connectivity index (χ0) is 30.4. The van der Waals surface area contributed by atoms with E-state index in [1.807, 2.05) is 121 Å². The minimum Gasteiger partial charge on any atom is -0.480 e. The van der Waals surface area contributed by atoms with E-state index in [4.69, 9.17) is 28.4 Å². The van der Waals surface area contributed by atoms with Crippen LogP contribution in [0.5, 0.6) is 0 Å². The summed E-state index contributed by atoms with van der Waals surface area (Å²) < 4.78 is 38.1. The Morgan fingerprint density at radius 2 is 0.932 bits per heavy atom. The molecule has 8 heteroatoms. The summed E-state index contributed by atoms with van der Waals surface area (Å²) in [6, 6.07) is 39.4. The number of ether oxygens (including phenoxy) is 6. The number of aliphatic carboxylic acids is 1. The largest absolute Gasteiger partial charge is 0.480 e. The molecular formula is C36H38O8. The first-order valence-electron chi connectivity index (χ1n) is 14.7. The third kappa shape index (κ3) is 9.56. The fourth-order valence-electron chi connectivity index (χ4n) is 5.03. The van der Waals surface area contributed by atoms with Gasteiger partial charge in [0, 0.05) is 0 Å². The van der Waals surface area contributed by atoms with Crippen molar-refractivity contribution in [3.8, 4) is 0 Å². The van der Waals surface area contributed by atoms with E-state index in [0.717, 1.165) is 22.3 Å². The molecule has 0 amide bonds. The first-order chi connectivity index (χ1) is 21.7. The van der Waals surface area contributed by atoms with Crippen molar-refractivity contribution in [1.82, 2.24) is 0 Å². The van der Waals surface area contributed by atoms with E-state index in [2.05, 4.69) is 0 Å². The van der Waals surface area contributed by atoms with Gasteiger partial charge in [0.05, 0.1) is 33.0 Å². The average Bonchev–Trinajstić information content (AvgIpc) is 3.07. The highest BCUT2D eigenvalue weighted by molar-refractivity contribution is 5.67. The van der Waals surface area contributed by atoms with E-state index in [1.165, 1.54) is 0 Å². The van der Waals surface area contributed by atoms with Crippen LogP contribution in [-0.2, 0) is 59.6 Å². The Hall–Kier alpha value is -3.89. The molecule has 0 spiro atoms. The number of benzene rings is 4. The number of carbonyl (C=O) groups is 1. The number of carboxylic acid groups (broad SMARTS) is 1. The fourth-order valence-corrected chi connectivity index (χ4v) is 5.03. The van der Waals surface area contributed by atoms with E-state index in [1.54, 1.807) is 0 Å². The lowest BCUT2D eigenvalue weighted by Gasteiger charge is -2.45. The molecule has 4 aromatic carbocycles. The lowest BCUT2D eigenvalue weighted by Crippen LogP contribution is -2.61. The highest BCUT2D eigenvalue weighted by Crippen LogP contribution is 2.32. The van der Waals surface area contributed by atoms with Gasteiger partial charge in [0.1, 0.15) is 31.0 Å². The molecule has 0 bridgehead atoms. The van der Waals surface area contributed by atoms with Crippen LogP contribution >= 0.6 is 0 Å². The second kappa shape index (κ2) is 16.8. The van der Waals surface area contributed by atoms with Crippen molar-refractivity contribution in [2.45, 2.75) is 57.1 Å². The predicted molar refractivity (Wildman–Crippen MR) is 163 cm³/mol. The van der Waals surface area contributed by atoms with E-state index in [0.29, 0.717) is 13.2 Å². The first-order valence-corrected chi connectivity index (χ1v) is 14.7. The van der Waals surface area contributed by atoms with Crippen LogP contribution in [-0.4, -0.2) is 55.0 Å². The van der Waals surface area contributed by atoms with Crippen molar-refractivity contribution in [2.75, 3.05) is 13.2 Å². The highest BCUT2D eigenvalue weighted by Gasteiger charge is 2.49. The summed E-state index contributed by atoms with van der Waals surface area (Å²) in [5.74, 6) is -1.07. The van der Waals surface area contributed by atoms with Gasteiger partial charge in [-0.25, -0.2) is 4.79 Å². The summed E-state index contributed by atoms with van der Waals surface area (Å²) in [5, 5.41) is 9.24. The Balaban J connectivity index is 1.45. The van der Waals surface area contributed by atoms with E-state index < -0.39 is 43.3 Å². The monoisotopic (exact) mass is 598 g/mol. The van der Waals surface area contributed by atoms with Gasteiger partial charge in [-0.15, -0.1) is 0 Å². The molecule has 4 aromatic rings. The molecule has 1 saturated heterocycles. The van der Waals surface area contributed by atoms with Crippen LogP contribution in [0.15, 0.2) is 121 Å². The van der Waals surface area contributed by atoms with Crippen LogP contribution in [0.2, 0.25) is 0 Å². The topological polar surface area (TPSA) is 92.7 Å². The molecule has 0 saturated carbocycles. The first kappa shape index (κ1) is 31.5. The molecule has 0 aromatic heterocycles. The third-order valence-corrected chi connectivity index (χ3v) is 7.21. The van der Waals surface area contributed by atoms with Crippen LogP contribution < -0.4 is 0 Å². The Labute approximate surface area is 258 Å². The second-order valence-electron chi connectivity index (χ2n) is 10.5. The van der Waals surface area contributed by atoms with Crippen LogP contribution in [0, 0.1) is 0 Å². The van der Waals surface area contributed by atoms with Gasteiger partial charge >= 0.3 is 5.97 Å². The number of carboxylic acids is 1. The third-order valence-electron chi connectivity index (χ3n) is 7.21. The minimum absolute atomic E-state index is 0.0342. The van der Waals surface area contributed by atoms with Crippen LogP contribution in [0.3, 0.4) is 0 Å². The summed E-state index contributed by atoms with van der Waals surface area (Å²) in [6.07, 6.45) is -3.54. The van der Waals surface area contributed by atoms with Gasteiger partial charge in [0.15, 0.2) is 6.29 Å². The molecule has 8 nitrogen and oxygen atoms in total. The molecule has 1 N–H and O–H groups in total. The molecule has 44 heavy (non-hydrogen) atoms. The molecular weight excluding hydrogens is 560 g/mol. The SMILES string of the molecule is O=C(O)COC[C@H]1O[C@@H](OCc2ccccc2)[C@H](OCc2ccccc2)[C@@H](OCc2ccccc2)[C@@H]1OCc1ccccc1. The van der Waals surface area contributed by atoms with Gasteiger partial charge in [-0.3, -0.25) is 0 Å². The number of rotatable bonds is 16. The van der Waals surface area contributed by atoms with Gasteiger partial charge in [-0.05, 0) is 22.3 Å². The van der Waals surface area contributed by atoms with Crippen molar-refractivity contribution >= 4 is 5.97 Å². The minimum atomic E-state index is -1.07. The summed E-state index contributed by atoms with van der Waals surface area (Å²) in [7, 11) is 0. The lowest BCUT2D eigenvalue weighted by atomic mass is 9.97. The van der Waals surface area contributed by atoms with Crippen molar-refractivity contribution in [3.05, 3.63) is 144 Å². The van der Waals surface area contributed by atoms with Crippen LogP contribution in [0.25, 0.3) is 0 Å². The lowest BCUT2D eigenvalue weighted by molar-refractivity contribution is -0.330. The predicted octanol–water partition coefficient (Wildman–Crippen LogP) is 5.79. The average molecular weight is 599 g/mol. The Morgan fingerprint density at radius 3 is 1.36 bits per heavy atom. The molecule has 0 unspecified atom stereocenters. The van der Waals surface area contributed by atoms with Crippen molar-refractivity contribution in [3.63, 3.8) is 0 Å². The summed E-state index contributed by atoms with van der Waals surface area (Å²) in [4.78, 5) is 11.3. The summed E-state index contributed by atoms with van der Waals surface area (Å²) in [6.45, 7) is 0.668. The molecule has 1 heterocycles. The van der Waals surface area contributed by atoms with E-state index >= 15 is 0 Å². The maximum atomic E-state index is 11.3. The summed E-state index contributed by atoms with van der Waals surface area (Å²) in [5.41, 5.74) is 3.93. The van der Waals surface area contributed by atoms with Crippen molar-refractivity contribution in [2.24, 2.45) is 0 Å². The van der Waals surface area contributed by atoms with Crippen LogP contribution in [0.4, 0.5) is 0 Å². The molecule has 0 radical (unpaired) electrons. The normalized spacial score (nSPS) is 21.6. The van der Waals surface area contributed by atoms with E-state index in [9.17, 15) is 9.90 Å². The Morgan fingerprint density at radius 1 is 0.545 bits per heavy atom. The van der Waals surface area contributed by atoms with Gasteiger partial charge in [-0.1, -0.05) is 121 Å². The molecule has 0 aliphatic carbocycles. The molecule has 5 atom stereocenters. The van der Waals surface area contributed by atoms with Gasteiger partial charge in [-0.2, -0.15) is 0 Å². The maximum Gasteiger partial charge on any atom is 0.329 e. The smallest absolute Gasteiger partial charge is 0.329 e. The molecule has 1 fully saturated rings. The van der Waals surface area contributed by atoms with E-state index in [-0.39, 0.29) is 19.8 Å². The highest BCUT2D eigenvalue weighted by atomic mass is 16.7. The molecule has 1 aliphatic rings. The zero-order valence-electron chi connectivity index (χ0n) is 24.5.